The fraction of sp³-hybridized carbons (Fsp3) is 0.478. The van der Waals surface area contributed by atoms with E-state index in [-0.39, 0.29) is 0 Å². The molecule has 0 bridgehead atoms. The van der Waals surface area contributed by atoms with Gasteiger partial charge in [-0.1, -0.05) is 45.0 Å². The van der Waals surface area contributed by atoms with Crippen LogP contribution < -0.4 is 16.0 Å². The Morgan fingerprint density at radius 3 is 2.28 bits per heavy atom. The maximum Gasteiger partial charge on any atom is 0.193 e. The van der Waals surface area contributed by atoms with Gasteiger partial charge in [0.25, 0.3) is 0 Å². The third kappa shape index (κ3) is 5.48. The minimum absolute atomic E-state index is 0.445. The molecule has 0 atom stereocenters. The molecule has 1 aliphatic heterocycles. The summed E-state index contributed by atoms with van der Waals surface area (Å²) >= 11 is 0. The zero-order chi connectivity index (χ0) is 20.6. The molecule has 0 saturated carbocycles. The summed E-state index contributed by atoms with van der Waals surface area (Å²) in [5.41, 5.74) is 10.9. The second-order valence-corrected chi connectivity index (χ2v) is 7.43. The van der Waals surface area contributed by atoms with Crippen LogP contribution in [0.2, 0.25) is 0 Å². The van der Waals surface area contributed by atoms with Crippen LogP contribution in [0.4, 0.5) is 11.5 Å². The van der Waals surface area contributed by atoms with Gasteiger partial charge in [0.15, 0.2) is 5.96 Å². The van der Waals surface area contributed by atoms with Gasteiger partial charge in [-0.2, -0.15) is 0 Å². The molecule has 29 heavy (non-hydrogen) atoms. The van der Waals surface area contributed by atoms with Crippen LogP contribution in [-0.2, 0) is 19.4 Å². The Labute approximate surface area is 174 Å². The number of hydrogen-bond acceptors (Lipinski definition) is 4. The van der Waals surface area contributed by atoms with E-state index in [1.807, 2.05) is 6.20 Å². The van der Waals surface area contributed by atoms with Gasteiger partial charge in [-0.25, -0.2) is 9.98 Å². The van der Waals surface area contributed by atoms with Crippen molar-refractivity contribution in [1.29, 1.82) is 0 Å². The number of nitrogens with zero attached hydrogens (tertiary/aromatic N) is 4. The molecular weight excluding hydrogens is 360 g/mol. The Balaban J connectivity index is 1.60. The van der Waals surface area contributed by atoms with E-state index in [2.05, 4.69) is 76.2 Å². The number of aryl methyl sites for hydroxylation is 2. The highest BCUT2D eigenvalue weighted by molar-refractivity contribution is 5.93. The number of benzene rings is 1. The van der Waals surface area contributed by atoms with Crippen LogP contribution in [0.3, 0.4) is 0 Å². The highest BCUT2D eigenvalue weighted by Gasteiger charge is 2.16. The van der Waals surface area contributed by atoms with Crippen molar-refractivity contribution in [3.05, 3.63) is 53.2 Å². The molecule has 2 aromatic rings. The van der Waals surface area contributed by atoms with Gasteiger partial charge >= 0.3 is 0 Å². The molecule has 0 aliphatic carbocycles. The predicted octanol–water partition coefficient (Wildman–Crippen LogP) is 3.28. The Kier molecular flexibility index (Phi) is 7.47. The molecule has 1 saturated heterocycles. The standard InChI is InChI=1S/C23H34N6/c1-4-19-8-7-9-20(5-2)22(19)27-23(24)26-17-18-10-11-21(25-16-18)29-14-12-28(6-3)13-15-29/h7-11,16H,4-6,12-15,17H2,1-3H3,(H3,24,26,27). The van der Waals surface area contributed by atoms with Crippen LogP contribution in [0.15, 0.2) is 41.5 Å². The minimum atomic E-state index is 0.445. The number of hydrogen-bond donors (Lipinski definition) is 2. The van der Waals surface area contributed by atoms with E-state index in [4.69, 9.17) is 5.73 Å². The van der Waals surface area contributed by atoms with Gasteiger partial charge in [0.1, 0.15) is 5.82 Å². The van der Waals surface area contributed by atoms with Gasteiger partial charge in [-0.3, -0.25) is 0 Å². The lowest BCUT2D eigenvalue weighted by Crippen LogP contribution is -2.46. The summed E-state index contributed by atoms with van der Waals surface area (Å²) in [7, 11) is 0. The van der Waals surface area contributed by atoms with E-state index >= 15 is 0 Å². The average molecular weight is 395 g/mol. The molecule has 3 rings (SSSR count). The largest absolute Gasteiger partial charge is 0.370 e. The van der Waals surface area contributed by atoms with Crippen LogP contribution in [-0.4, -0.2) is 48.6 Å². The Morgan fingerprint density at radius 1 is 1.03 bits per heavy atom. The molecule has 1 aromatic carbocycles. The van der Waals surface area contributed by atoms with Gasteiger partial charge < -0.3 is 20.9 Å². The maximum atomic E-state index is 6.18. The number of anilines is 2. The second-order valence-electron chi connectivity index (χ2n) is 7.43. The molecule has 3 N–H and O–H groups in total. The quantitative estimate of drug-likeness (QED) is 0.557. The lowest BCUT2D eigenvalue weighted by atomic mass is 10.0. The summed E-state index contributed by atoms with van der Waals surface area (Å²) in [6, 6.07) is 10.6. The van der Waals surface area contributed by atoms with E-state index in [0.29, 0.717) is 12.5 Å². The topological polar surface area (TPSA) is 69.8 Å². The highest BCUT2D eigenvalue weighted by atomic mass is 15.3. The molecule has 1 aliphatic rings. The van der Waals surface area contributed by atoms with Gasteiger partial charge in [0, 0.05) is 38.1 Å². The van der Waals surface area contributed by atoms with Crippen LogP contribution in [0.1, 0.15) is 37.5 Å². The monoisotopic (exact) mass is 394 g/mol. The molecule has 156 valence electrons. The molecule has 6 heteroatoms. The Hall–Kier alpha value is -2.60. The first-order valence-electron chi connectivity index (χ1n) is 10.7. The molecular formula is C23H34N6. The number of likely N-dealkylation sites (N-methyl/N-ethyl adjacent to an activating group) is 1. The average Bonchev–Trinajstić information content (AvgIpc) is 2.78. The molecule has 1 aromatic heterocycles. The summed E-state index contributed by atoms with van der Waals surface area (Å²) in [6.45, 7) is 12.4. The predicted molar refractivity (Wildman–Crippen MR) is 123 cm³/mol. The van der Waals surface area contributed by atoms with Gasteiger partial charge in [-0.05, 0) is 42.1 Å². The summed E-state index contributed by atoms with van der Waals surface area (Å²) in [5, 5.41) is 3.32. The third-order valence-corrected chi connectivity index (χ3v) is 5.64. The first-order valence-corrected chi connectivity index (χ1v) is 10.7. The lowest BCUT2D eigenvalue weighted by Gasteiger charge is -2.34. The van der Waals surface area contributed by atoms with Gasteiger partial charge in [-0.15, -0.1) is 0 Å². The van der Waals surface area contributed by atoms with E-state index in [1.54, 1.807) is 0 Å². The van der Waals surface area contributed by atoms with Crippen LogP contribution in [0.25, 0.3) is 0 Å². The summed E-state index contributed by atoms with van der Waals surface area (Å²) in [4.78, 5) is 14.0. The number of pyridine rings is 1. The van der Waals surface area contributed by atoms with Crippen molar-refractivity contribution < 1.29 is 0 Å². The van der Waals surface area contributed by atoms with Crippen molar-refractivity contribution in [3.8, 4) is 0 Å². The van der Waals surface area contributed by atoms with Crippen LogP contribution >= 0.6 is 0 Å². The van der Waals surface area contributed by atoms with Crippen molar-refractivity contribution >= 4 is 17.5 Å². The third-order valence-electron chi connectivity index (χ3n) is 5.64. The van der Waals surface area contributed by atoms with Gasteiger partial charge in [0.05, 0.1) is 6.54 Å². The molecule has 1 fully saturated rings. The van der Waals surface area contributed by atoms with Crippen molar-refractivity contribution in [2.75, 3.05) is 42.9 Å². The summed E-state index contributed by atoms with van der Waals surface area (Å²) in [6.07, 6.45) is 3.83. The van der Waals surface area contributed by atoms with Crippen LogP contribution in [0, 0.1) is 0 Å². The lowest BCUT2D eigenvalue weighted by molar-refractivity contribution is 0.270. The first-order chi connectivity index (χ1) is 14.1. The number of nitrogens with two attached hydrogens (primary N) is 1. The van der Waals surface area contributed by atoms with E-state index in [9.17, 15) is 0 Å². The van der Waals surface area contributed by atoms with Gasteiger partial charge in [0.2, 0.25) is 0 Å². The number of guanidine groups is 1. The number of aliphatic imine (C=N–C) groups is 1. The summed E-state index contributed by atoms with van der Waals surface area (Å²) < 4.78 is 0. The van der Waals surface area contributed by atoms with E-state index in [1.165, 1.54) is 11.1 Å². The highest BCUT2D eigenvalue weighted by Crippen LogP contribution is 2.22. The normalized spacial score (nSPS) is 15.6. The van der Waals surface area contributed by atoms with Crippen molar-refractivity contribution in [3.63, 3.8) is 0 Å². The van der Waals surface area contributed by atoms with Crippen molar-refractivity contribution in [2.45, 2.75) is 40.2 Å². The minimum Gasteiger partial charge on any atom is -0.370 e. The molecule has 2 heterocycles. The zero-order valence-electron chi connectivity index (χ0n) is 18.0. The second kappa shape index (κ2) is 10.3. The fourth-order valence-corrected chi connectivity index (χ4v) is 3.74. The van der Waals surface area contributed by atoms with E-state index in [0.717, 1.165) is 62.6 Å². The number of nitrogens with one attached hydrogen (secondary N) is 1. The Morgan fingerprint density at radius 2 is 1.72 bits per heavy atom. The number of piperazine rings is 1. The fourth-order valence-electron chi connectivity index (χ4n) is 3.74. The molecule has 0 amide bonds. The van der Waals surface area contributed by atoms with Crippen molar-refractivity contribution in [2.24, 2.45) is 10.7 Å². The van der Waals surface area contributed by atoms with Crippen molar-refractivity contribution in [1.82, 2.24) is 9.88 Å². The van der Waals surface area contributed by atoms with Crippen LogP contribution in [0.5, 0.6) is 0 Å². The summed E-state index contributed by atoms with van der Waals surface area (Å²) in [5.74, 6) is 1.49. The maximum absolute atomic E-state index is 6.18. The molecule has 6 nitrogen and oxygen atoms in total. The zero-order valence-corrected chi connectivity index (χ0v) is 18.0. The van der Waals surface area contributed by atoms with E-state index < -0.39 is 0 Å². The first kappa shape index (κ1) is 21.1. The number of aromatic nitrogens is 1. The smallest absolute Gasteiger partial charge is 0.193 e. The number of para-hydroxylation sites is 1. The Bertz CT molecular complexity index is 784. The molecule has 0 spiro atoms. The molecule has 0 radical (unpaired) electrons. The molecule has 0 unspecified atom stereocenters. The SMILES string of the molecule is CCc1cccc(CC)c1NC(N)=NCc1ccc(N2CCN(CC)CC2)nc1. The number of rotatable bonds is 7.